The molecule has 2 heterocycles. The van der Waals surface area contributed by atoms with E-state index in [0.29, 0.717) is 53.1 Å². The Morgan fingerprint density at radius 1 is 1.00 bits per heavy atom. The van der Waals surface area contributed by atoms with Crippen LogP contribution >= 0.6 is 0 Å². The molecule has 2 aromatic rings. The average molecular weight is 426 g/mol. The number of rotatable bonds is 9. The Morgan fingerprint density at radius 2 is 1.84 bits per heavy atom. The summed E-state index contributed by atoms with van der Waals surface area (Å²) < 4.78 is 28.8. The van der Waals surface area contributed by atoms with E-state index in [0.717, 1.165) is 19.3 Å². The predicted octanol–water partition coefficient (Wildman–Crippen LogP) is 4.95. The summed E-state index contributed by atoms with van der Waals surface area (Å²) in [5, 5.41) is 10.1. The summed E-state index contributed by atoms with van der Waals surface area (Å²) in [5.74, 6) is 1.60. The minimum absolute atomic E-state index is 0.0599. The molecule has 1 atom stereocenters. The second kappa shape index (κ2) is 9.20. The summed E-state index contributed by atoms with van der Waals surface area (Å²) >= 11 is 0. The van der Waals surface area contributed by atoms with Crippen LogP contribution < -0.4 is 18.9 Å². The Balaban J connectivity index is 1.79. The van der Waals surface area contributed by atoms with Gasteiger partial charge in [-0.25, -0.2) is 4.79 Å². The molecular weight excluding hydrogens is 400 g/mol. The molecule has 0 radical (unpaired) electrons. The molecule has 0 fully saturated rings. The summed E-state index contributed by atoms with van der Waals surface area (Å²) in [4.78, 5) is 12.3. The van der Waals surface area contributed by atoms with Gasteiger partial charge in [0.15, 0.2) is 17.6 Å². The van der Waals surface area contributed by atoms with Gasteiger partial charge in [-0.1, -0.05) is 26.3 Å². The zero-order valence-electron chi connectivity index (χ0n) is 17.7. The van der Waals surface area contributed by atoms with Crippen LogP contribution in [0.4, 0.5) is 0 Å². The molecule has 2 aromatic carbocycles. The van der Waals surface area contributed by atoms with Crippen LogP contribution in [-0.2, 0) is 9.53 Å². The quantitative estimate of drug-likeness (QED) is 0.568. The Morgan fingerprint density at radius 3 is 2.61 bits per heavy atom. The van der Waals surface area contributed by atoms with Crippen molar-refractivity contribution < 1.29 is 33.6 Å². The van der Waals surface area contributed by atoms with Crippen molar-refractivity contribution in [2.24, 2.45) is 0 Å². The van der Waals surface area contributed by atoms with Crippen molar-refractivity contribution in [3.8, 4) is 23.0 Å². The SMILES string of the molecule is CCCCOC1=C(C(=O)O)C(c2ccc3c(c2)OCO3)Oc2cc(OCCC)ccc21. The lowest BCUT2D eigenvalue weighted by molar-refractivity contribution is -0.133. The van der Waals surface area contributed by atoms with Crippen LogP contribution in [0.2, 0.25) is 0 Å². The number of hydrogen-bond acceptors (Lipinski definition) is 6. The number of hydrogen-bond donors (Lipinski definition) is 1. The van der Waals surface area contributed by atoms with Crippen molar-refractivity contribution in [2.75, 3.05) is 20.0 Å². The number of benzene rings is 2. The van der Waals surface area contributed by atoms with Crippen molar-refractivity contribution >= 4 is 11.7 Å². The van der Waals surface area contributed by atoms with E-state index in [1.165, 1.54) is 0 Å². The molecule has 1 N–H and O–H groups in total. The molecule has 0 bridgehead atoms. The molecule has 31 heavy (non-hydrogen) atoms. The van der Waals surface area contributed by atoms with Crippen LogP contribution in [0, 0.1) is 0 Å². The predicted molar refractivity (Wildman–Crippen MR) is 114 cm³/mol. The summed E-state index contributed by atoms with van der Waals surface area (Å²) in [6.45, 7) is 5.23. The third kappa shape index (κ3) is 4.26. The van der Waals surface area contributed by atoms with E-state index in [2.05, 4.69) is 6.92 Å². The molecule has 0 saturated carbocycles. The smallest absolute Gasteiger partial charge is 0.339 e. The molecule has 7 heteroatoms. The van der Waals surface area contributed by atoms with E-state index in [1.54, 1.807) is 36.4 Å². The van der Waals surface area contributed by atoms with Gasteiger partial charge in [0.25, 0.3) is 0 Å². The minimum atomic E-state index is -1.09. The lowest BCUT2D eigenvalue weighted by Gasteiger charge is -2.30. The van der Waals surface area contributed by atoms with E-state index in [4.69, 9.17) is 23.7 Å². The highest BCUT2D eigenvalue weighted by atomic mass is 16.7. The Kier molecular flexibility index (Phi) is 6.21. The molecule has 0 aromatic heterocycles. The molecule has 0 aliphatic carbocycles. The lowest BCUT2D eigenvalue weighted by atomic mass is 9.94. The first-order valence-corrected chi connectivity index (χ1v) is 10.6. The Bertz CT molecular complexity index is 995. The molecule has 2 aliphatic heterocycles. The Labute approximate surface area is 181 Å². The third-order valence-electron chi connectivity index (χ3n) is 5.10. The first-order chi connectivity index (χ1) is 15.1. The number of aliphatic carboxylic acids is 1. The van der Waals surface area contributed by atoms with Gasteiger partial charge in [0, 0.05) is 11.6 Å². The van der Waals surface area contributed by atoms with Gasteiger partial charge >= 0.3 is 5.97 Å². The summed E-state index contributed by atoms with van der Waals surface area (Å²) in [6, 6.07) is 10.7. The van der Waals surface area contributed by atoms with Gasteiger partial charge in [-0.05, 0) is 37.1 Å². The van der Waals surface area contributed by atoms with E-state index in [9.17, 15) is 9.90 Å². The maximum atomic E-state index is 12.3. The second-order valence-corrected chi connectivity index (χ2v) is 7.37. The highest BCUT2D eigenvalue weighted by molar-refractivity contribution is 5.98. The molecule has 7 nitrogen and oxygen atoms in total. The summed E-state index contributed by atoms with van der Waals surface area (Å²) in [6.07, 6.45) is 1.78. The maximum Gasteiger partial charge on any atom is 0.339 e. The highest BCUT2D eigenvalue weighted by Gasteiger charge is 2.36. The van der Waals surface area contributed by atoms with Crippen molar-refractivity contribution in [3.63, 3.8) is 0 Å². The van der Waals surface area contributed by atoms with Crippen molar-refractivity contribution in [1.29, 1.82) is 0 Å². The van der Waals surface area contributed by atoms with Crippen molar-refractivity contribution in [3.05, 3.63) is 53.1 Å². The summed E-state index contributed by atoms with van der Waals surface area (Å²) in [5.41, 5.74) is 1.31. The van der Waals surface area contributed by atoms with Crippen molar-refractivity contribution in [2.45, 2.75) is 39.2 Å². The van der Waals surface area contributed by atoms with Crippen LogP contribution in [-0.4, -0.2) is 31.1 Å². The van der Waals surface area contributed by atoms with Gasteiger partial charge in [-0.2, -0.15) is 0 Å². The number of carbonyl (C=O) groups is 1. The van der Waals surface area contributed by atoms with Crippen molar-refractivity contribution in [1.82, 2.24) is 0 Å². The van der Waals surface area contributed by atoms with Crippen LogP contribution in [0.25, 0.3) is 5.76 Å². The zero-order valence-corrected chi connectivity index (χ0v) is 17.7. The van der Waals surface area contributed by atoms with E-state index >= 15 is 0 Å². The van der Waals surface area contributed by atoms with Crippen LogP contribution in [0.5, 0.6) is 23.0 Å². The zero-order chi connectivity index (χ0) is 21.8. The number of fused-ring (bicyclic) bond motifs is 2. The van der Waals surface area contributed by atoms with Gasteiger partial charge in [-0.3, -0.25) is 0 Å². The molecule has 0 amide bonds. The molecule has 1 unspecified atom stereocenters. The monoisotopic (exact) mass is 426 g/mol. The van der Waals surface area contributed by atoms with Crippen LogP contribution in [0.1, 0.15) is 50.3 Å². The van der Waals surface area contributed by atoms with Crippen LogP contribution in [0.15, 0.2) is 42.0 Å². The minimum Gasteiger partial charge on any atom is -0.493 e. The molecule has 0 spiro atoms. The molecular formula is C24H26O7. The normalized spacial score (nSPS) is 16.5. The van der Waals surface area contributed by atoms with Gasteiger partial charge < -0.3 is 28.8 Å². The third-order valence-corrected chi connectivity index (χ3v) is 5.10. The van der Waals surface area contributed by atoms with Gasteiger partial charge in [-0.15, -0.1) is 0 Å². The number of carboxylic acids is 1. The molecule has 2 aliphatic rings. The maximum absolute atomic E-state index is 12.3. The lowest BCUT2D eigenvalue weighted by Crippen LogP contribution is -2.24. The van der Waals surface area contributed by atoms with Gasteiger partial charge in [0.05, 0.1) is 18.8 Å². The number of ether oxygens (including phenoxy) is 5. The largest absolute Gasteiger partial charge is 0.493 e. The first-order valence-electron chi connectivity index (χ1n) is 10.6. The number of unbranched alkanes of at least 4 members (excludes halogenated alkanes) is 1. The standard InChI is InChI=1S/C24H26O7/c1-3-5-11-28-23-17-8-7-16(27-10-4-2)13-19(17)31-22(21(23)24(25)26)15-6-9-18-20(12-15)30-14-29-18/h6-9,12-13,22H,3-5,10-11,14H2,1-2H3,(H,25,26). The van der Waals surface area contributed by atoms with Crippen LogP contribution in [0.3, 0.4) is 0 Å². The number of carboxylic acid groups (broad SMARTS) is 1. The van der Waals surface area contributed by atoms with E-state index < -0.39 is 12.1 Å². The highest BCUT2D eigenvalue weighted by Crippen LogP contribution is 2.46. The molecule has 0 saturated heterocycles. The second-order valence-electron chi connectivity index (χ2n) is 7.37. The van der Waals surface area contributed by atoms with E-state index in [-0.39, 0.29) is 12.4 Å². The topological polar surface area (TPSA) is 83.5 Å². The van der Waals surface area contributed by atoms with E-state index in [1.807, 2.05) is 6.92 Å². The fourth-order valence-electron chi connectivity index (χ4n) is 3.54. The molecule has 4 rings (SSSR count). The fourth-order valence-corrected chi connectivity index (χ4v) is 3.54. The molecule has 164 valence electrons. The van der Waals surface area contributed by atoms with Gasteiger partial charge in [0.1, 0.15) is 22.8 Å². The fraction of sp³-hybridized carbons (Fsp3) is 0.375. The summed E-state index contributed by atoms with van der Waals surface area (Å²) in [7, 11) is 0. The van der Waals surface area contributed by atoms with Gasteiger partial charge in [0.2, 0.25) is 6.79 Å². The average Bonchev–Trinajstić information content (AvgIpc) is 3.24. The Hall–Kier alpha value is -3.35. The first kappa shape index (κ1) is 20.9.